The molecule has 3 rings (SSSR count). The van der Waals surface area contributed by atoms with E-state index in [0.29, 0.717) is 11.2 Å². The molecule has 1 fully saturated rings. The van der Waals surface area contributed by atoms with Crippen molar-refractivity contribution in [2.45, 2.75) is 62.9 Å². The number of rotatable bonds is 5. The molecule has 1 heterocycles. The Balaban J connectivity index is 1.73. The number of nitrogens with one attached hydrogen (secondary N) is 1. The molecule has 1 N–H and O–H groups in total. The zero-order valence-corrected chi connectivity index (χ0v) is 15.1. The van der Waals surface area contributed by atoms with Crippen LogP contribution < -0.4 is 5.32 Å². The van der Waals surface area contributed by atoms with E-state index in [4.69, 9.17) is 0 Å². The van der Waals surface area contributed by atoms with Gasteiger partial charge in [-0.05, 0) is 61.2 Å². The molecule has 0 radical (unpaired) electrons. The van der Waals surface area contributed by atoms with E-state index in [2.05, 4.69) is 40.8 Å². The number of amides is 1. The summed E-state index contributed by atoms with van der Waals surface area (Å²) < 4.78 is 1.71. The molecule has 1 amide bonds. The third kappa shape index (κ3) is 3.61. The van der Waals surface area contributed by atoms with E-state index < -0.39 is 0 Å². The van der Waals surface area contributed by atoms with Crippen LogP contribution >= 0.6 is 11.8 Å². The van der Waals surface area contributed by atoms with Crippen molar-refractivity contribution < 1.29 is 4.79 Å². The van der Waals surface area contributed by atoms with Gasteiger partial charge in [0, 0.05) is 6.04 Å². The largest absolute Gasteiger partial charge is 0.352 e. The van der Waals surface area contributed by atoms with Crippen molar-refractivity contribution in [2.75, 3.05) is 0 Å². The van der Waals surface area contributed by atoms with E-state index in [1.165, 1.54) is 30.2 Å². The van der Waals surface area contributed by atoms with E-state index >= 15 is 0 Å². The van der Waals surface area contributed by atoms with Crippen LogP contribution in [0.25, 0.3) is 5.69 Å². The van der Waals surface area contributed by atoms with Crippen molar-refractivity contribution in [3.63, 3.8) is 0 Å². The summed E-state index contributed by atoms with van der Waals surface area (Å²) in [5.74, 6) is 0.0578. The van der Waals surface area contributed by atoms with Gasteiger partial charge >= 0.3 is 0 Å². The van der Waals surface area contributed by atoms with Gasteiger partial charge in [0.1, 0.15) is 0 Å². The van der Waals surface area contributed by atoms with Crippen molar-refractivity contribution in [1.82, 2.24) is 25.5 Å². The van der Waals surface area contributed by atoms with Crippen LogP contribution in [0.15, 0.2) is 23.4 Å². The highest BCUT2D eigenvalue weighted by atomic mass is 32.2. The standard InChI is InChI=1S/C17H23N5OS/c1-11-7-6-10-15(12(11)2)22-17(19-20-21-22)24-13(3)16(23)18-14-8-4-5-9-14/h6-7,10,13-14H,4-5,8-9H2,1-3H3,(H,18,23)/t13-/m1/s1. The van der Waals surface area contributed by atoms with Gasteiger partial charge in [-0.2, -0.15) is 4.68 Å². The fourth-order valence-electron chi connectivity index (χ4n) is 2.97. The average Bonchev–Trinajstić information content (AvgIpc) is 3.22. The summed E-state index contributed by atoms with van der Waals surface area (Å²) in [6.07, 6.45) is 4.58. The first kappa shape index (κ1) is 17.0. The molecule has 24 heavy (non-hydrogen) atoms. The minimum atomic E-state index is -0.236. The summed E-state index contributed by atoms with van der Waals surface area (Å²) >= 11 is 1.39. The third-order valence-corrected chi connectivity index (χ3v) is 5.63. The quantitative estimate of drug-likeness (QED) is 0.844. The number of hydrogen-bond acceptors (Lipinski definition) is 5. The number of tetrazole rings is 1. The monoisotopic (exact) mass is 345 g/mol. The zero-order valence-electron chi connectivity index (χ0n) is 14.3. The van der Waals surface area contributed by atoms with Crippen LogP contribution in [0, 0.1) is 13.8 Å². The average molecular weight is 345 g/mol. The molecular formula is C17H23N5OS. The fraction of sp³-hybridized carbons (Fsp3) is 0.529. The lowest BCUT2D eigenvalue weighted by atomic mass is 10.1. The molecule has 0 saturated heterocycles. The van der Waals surface area contributed by atoms with Crippen LogP contribution in [0.2, 0.25) is 0 Å². The predicted molar refractivity (Wildman–Crippen MR) is 94.3 cm³/mol. The highest BCUT2D eigenvalue weighted by Crippen LogP contribution is 2.26. The van der Waals surface area contributed by atoms with Crippen LogP contribution in [0.1, 0.15) is 43.7 Å². The summed E-state index contributed by atoms with van der Waals surface area (Å²) in [5, 5.41) is 15.5. The maximum atomic E-state index is 12.4. The SMILES string of the molecule is Cc1cccc(-n2nnnc2S[C@H](C)C(=O)NC2CCCC2)c1C. The second kappa shape index (κ2) is 7.34. The Hall–Kier alpha value is -1.89. The third-order valence-electron chi connectivity index (χ3n) is 4.60. The molecule has 0 unspecified atom stereocenters. The van der Waals surface area contributed by atoms with E-state index in [1.807, 2.05) is 19.1 Å². The summed E-state index contributed by atoms with van der Waals surface area (Å²) in [4.78, 5) is 12.4. The highest BCUT2D eigenvalue weighted by molar-refractivity contribution is 8.00. The molecule has 0 aliphatic heterocycles. The molecule has 6 nitrogen and oxygen atoms in total. The lowest BCUT2D eigenvalue weighted by molar-refractivity contribution is -0.120. The van der Waals surface area contributed by atoms with Crippen LogP contribution in [0.3, 0.4) is 0 Å². The van der Waals surface area contributed by atoms with Gasteiger partial charge in [0.05, 0.1) is 10.9 Å². The minimum absolute atomic E-state index is 0.0578. The maximum Gasteiger partial charge on any atom is 0.233 e. The Bertz CT molecular complexity index is 724. The summed E-state index contributed by atoms with van der Waals surface area (Å²) in [7, 11) is 0. The topological polar surface area (TPSA) is 72.7 Å². The number of carbonyl (C=O) groups excluding carboxylic acids is 1. The lowest BCUT2D eigenvalue weighted by Crippen LogP contribution is -2.37. The van der Waals surface area contributed by atoms with Crippen molar-refractivity contribution in [2.24, 2.45) is 0 Å². The van der Waals surface area contributed by atoms with Gasteiger partial charge in [-0.15, -0.1) is 5.10 Å². The molecule has 1 saturated carbocycles. The summed E-state index contributed by atoms with van der Waals surface area (Å²) in [6.45, 7) is 6.02. The van der Waals surface area contributed by atoms with E-state index in [0.717, 1.165) is 24.1 Å². The molecule has 0 bridgehead atoms. The first-order chi connectivity index (χ1) is 11.6. The molecule has 1 aliphatic carbocycles. The van der Waals surface area contributed by atoms with E-state index in [1.54, 1.807) is 4.68 Å². The molecular weight excluding hydrogens is 322 g/mol. The minimum Gasteiger partial charge on any atom is -0.352 e. The molecule has 1 aliphatic rings. The van der Waals surface area contributed by atoms with Crippen LogP contribution in [-0.2, 0) is 4.79 Å². The van der Waals surface area contributed by atoms with Gasteiger partial charge in [-0.3, -0.25) is 4.79 Å². The Kier molecular flexibility index (Phi) is 5.18. The summed E-state index contributed by atoms with van der Waals surface area (Å²) in [5.41, 5.74) is 3.27. The number of carbonyl (C=O) groups is 1. The van der Waals surface area contributed by atoms with E-state index in [-0.39, 0.29) is 11.2 Å². The van der Waals surface area contributed by atoms with E-state index in [9.17, 15) is 4.79 Å². The highest BCUT2D eigenvalue weighted by Gasteiger charge is 2.23. The Labute approximate surface area is 146 Å². The number of hydrogen-bond donors (Lipinski definition) is 1. The van der Waals surface area contributed by atoms with Gasteiger partial charge in [-0.1, -0.05) is 36.7 Å². The normalized spacial score (nSPS) is 16.3. The van der Waals surface area contributed by atoms with Crippen LogP contribution in [0.5, 0.6) is 0 Å². The number of benzene rings is 1. The Morgan fingerprint density at radius 3 is 2.83 bits per heavy atom. The van der Waals surface area contributed by atoms with Crippen molar-refractivity contribution in [3.8, 4) is 5.69 Å². The Morgan fingerprint density at radius 1 is 1.33 bits per heavy atom. The zero-order chi connectivity index (χ0) is 17.1. The summed E-state index contributed by atoms with van der Waals surface area (Å²) in [6, 6.07) is 6.37. The Morgan fingerprint density at radius 2 is 2.08 bits per heavy atom. The molecule has 1 aromatic carbocycles. The first-order valence-corrected chi connectivity index (χ1v) is 9.26. The second-order valence-corrected chi connectivity index (χ2v) is 7.65. The van der Waals surface area contributed by atoms with Gasteiger partial charge in [-0.25, -0.2) is 0 Å². The number of nitrogens with zero attached hydrogens (tertiary/aromatic N) is 4. The van der Waals surface area contributed by atoms with Crippen LogP contribution in [0.4, 0.5) is 0 Å². The van der Waals surface area contributed by atoms with Crippen LogP contribution in [-0.4, -0.2) is 37.4 Å². The lowest BCUT2D eigenvalue weighted by Gasteiger charge is -2.16. The van der Waals surface area contributed by atoms with Crippen molar-refractivity contribution in [1.29, 1.82) is 0 Å². The predicted octanol–water partition coefficient (Wildman–Crippen LogP) is 2.82. The van der Waals surface area contributed by atoms with Crippen molar-refractivity contribution in [3.05, 3.63) is 29.3 Å². The molecule has 7 heteroatoms. The molecule has 128 valence electrons. The molecule has 1 atom stereocenters. The van der Waals surface area contributed by atoms with Gasteiger partial charge in [0.15, 0.2) is 0 Å². The molecule has 2 aromatic rings. The van der Waals surface area contributed by atoms with Gasteiger partial charge < -0.3 is 5.32 Å². The smallest absolute Gasteiger partial charge is 0.233 e. The maximum absolute atomic E-state index is 12.4. The molecule has 1 aromatic heterocycles. The van der Waals surface area contributed by atoms with Crippen molar-refractivity contribution >= 4 is 17.7 Å². The van der Waals surface area contributed by atoms with Gasteiger partial charge in [0.25, 0.3) is 0 Å². The second-order valence-electron chi connectivity index (χ2n) is 6.34. The molecule has 0 spiro atoms. The number of thioether (sulfide) groups is 1. The van der Waals surface area contributed by atoms with Gasteiger partial charge in [0.2, 0.25) is 11.1 Å². The number of aromatic nitrogens is 4. The fourth-order valence-corrected chi connectivity index (χ4v) is 3.78. The first-order valence-electron chi connectivity index (χ1n) is 8.38. The number of aryl methyl sites for hydroxylation is 1.